The van der Waals surface area contributed by atoms with Crippen LogP contribution in [-0.4, -0.2) is 45.3 Å². The first-order valence-corrected chi connectivity index (χ1v) is 8.42. The molecule has 1 unspecified atom stereocenters. The third-order valence-corrected chi connectivity index (χ3v) is 4.34. The topological polar surface area (TPSA) is 60.2 Å². The van der Waals surface area contributed by atoms with Gasteiger partial charge in [0.1, 0.15) is 18.3 Å². The summed E-state index contributed by atoms with van der Waals surface area (Å²) in [5.41, 5.74) is 1.08. The number of carbonyl (C=O) groups excluding carboxylic acids is 1. The molecule has 1 amide bonds. The monoisotopic (exact) mass is 328 g/mol. The molecule has 128 valence electrons. The van der Waals surface area contributed by atoms with Gasteiger partial charge in [-0.05, 0) is 32.3 Å². The standard InChI is InChI=1S/C18H24N4O2/c1-14-19-15(2)22(20-14)17-9-6-10-21(11-17)18(23)13-24-12-16-7-4-3-5-8-16/h3-5,7-8,17H,6,9-13H2,1-2H3. The SMILES string of the molecule is Cc1nc(C)n(C2CCCN(C(=O)COCc3ccccc3)C2)n1. The first kappa shape index (κ1) is 16.6. The van der Waals surface area contributed by atoms with E-state index < -0.39 is 0 Å². The fraction of sp³-hybridized carbons (Fsp3) is 0.500. The van der Waals surface area contributed by atoms with Crippen molar-refractivity contribution in [2.75, 3.05) is 19.7 Å². The minimum absolute atomic E-state index is 0.0464. The van der Waals surface area contributed by atoms with Gasteiger partial charge >= 0.3 is 0 Å². The van der Waals surface area contributed by atoms with Crippen molar-refractivity contribution in [3.8, 4) is 0 Å². The molecular weight excluding hydrogens is 304 g/mol. The normalized spacial score (nSPS) is 17.9. The number of hydrogen-bond donors (Lipinski definition) is 0. The molecule has 0 N–H and O–H groups in total. The van der Waals surface area contributed by atoms with E-state index in [1.54, 1.807) is 0 Å². The van der Waals surface area contributed by atoms with Crippen LogP contribution in [0.5, 0.6) is 0 Å². The van der Waals surface area contributed by atoms with Gasteiger partial charge in [-0.15, -0.1) is 0 Å². The Morgan fingerprint density at radius 2 is 2.08 bits per heavy atom. The Labute approximate surface area is 142 Å². The van der Waals surface area contributed by atoms with Gasteiger partial charge in [-0.1, -0.05) is 30.3 Å². The molecule has 0 spiro atoms. The van der Waals surface area contributed by atoms with Crippen LogP contribution in [0.3, 0.4) is 0 Å². The molecule has 0 saturated carbocycles. The molecule has 1 aliphatic heterocycles. The minimum Gasteiger partial charge on any atom is -0.367 e. The van der Waals surface area contributed by atoms with Gasteiger partial charge in [0.2, 0.25) is 5.91 Å². The maximum absolute atomic E-state index is 12.4. The highest BCUT2D eigenvalue weighted by Crippen LogP contribution is 2.22. The van der Waals surface area contributed by atoms with E-state index in [4.69, 9.17) is 4.74 Å². The number of aryl methyl sites for hydroxylation is 2. The molecule has 1 fully saturated rings. The lowest BCUT2D eigenvalue weighted by Crippen LogP contribution is -2.42. The molecular formula is C18H24N4O2. The maximum atomic E-state index is 12.4. The van der Waals surface area contributed by atoms with E-state index >= 15 is 0 Å². The van der Waals surface area contributed by atoms with Gasteiger partial charge in [0, 0.05) is 13.1 Å². The quantitative estimate of drug-likeness (QED) is 0.845. The number of carbonyl (C=O) groups is 1. The molecule has 1 aromatic heterocycles. The number of hydrogen-bond acceptors (Lipinski definition) is 4. The molecule has 1 atom stereocenters. The summed E-state index contributed by atoms with van der Waals surface area (Å²) in [5.74, 6) is 1.74. The number of ether oxygens (including phenoxy) is 1. The number of likely N-dealkylation sites (tertiary alicyclic amines) is 1. The van der Waals surface area contributed by atoms with E-state index in [-0.39, 0.29) is 18.6 Å². The Balaban J connectivity index is 1.52. The third kappa shape index (κ3) is 4.00. The number of rotatable bonds is 5. The first-order valence-electron chi connectivity index (χ1n) is 8.42. The van der Waals surface area contributed by atoms with Crippen LogP contribution in [0.4, 0.5) is 0 Å². The summed E-state index contributed by atoms with van der Waals surface area (Å²) in [4.78, 5) is 18.7. The fourth-order valence-electron chi connectivity index (χ4n) is 3.18. The summed E-state index contributed by atoms with van der Waals surface area (Å²) in [5, 5.41) is 4.47. The molecule has 6 nitrogen and oxygen atoms in total. The molecule has 24 heavy (non-hydrogen) atoms. The third-order valence-electron chi connectivity index (χ3n) is 4.34. The number of piperidine rings is 1. The Bertz CT molecular complexity index is 684. The molecule has 3 rings (SSSR count). The largest absolute Gasteiger partial charge is 0.367 e. The second kappa shape index (κ2) is 7.57. The van der Waals surface area contributed by atoms with Crippen molar-refractivity contribution in [1.29, 1.82) is 0 Å². The van der Waals surface area contributed by atoms with E-state index in [9.17, 15) is 4.79 Å². The summed E-state index contributed by atoms with van der Waals surface area (Å²) in [6.07, 6.45) is 2.01. The lowest BCUT2D eigenvalue weighted by Gasteiger charge is -2.33. The molecule has 2 aromatic rings. The van der Waals surface area contributed by atoms with Gasteiger partial charge in [0.05, 0.1) is 12.6 Å². The van der Waals surface area contributed by atoms with Crippen molar-refractivity contribution in [3.63, 3.8) is 0 Å². The van der Waals surface area contributed by atoms with E-state index in [0.29, 0.717) is 13.2 Å². The van der Waals surface area contributed by atoms with Gasteiger partial charge in [0.25, 0.3) is 0 Å². The van der Waals surface area contributed by atoms with Gasteiger partial charge in [-0.3, -0.25) is 4.79 Å². The van der Waals surface area contributed by atoms with Crippen LogP contribution < -0.4 is 0 Å². The van der Waals surface area contributed by atoms with Crippen LogP contribution >= 0.6 is 0 Å². The maximum Gasteiger partial charge on any atom is 0.248 e. The van der Waals surface area contributed by atoms with Crippen LogP contribution in [0, 0.1) is 13.8 Å². The lowest BCUT2D eigenvalue weighted by molar-refractivity contribution is -0.138. The van der Waals surface area contributed by atoms with Gasteiger partial charge < -0.3 is 9.64 Å². The molecule has 2 heterocycles. The minimum atomic E-state index is 0.0464. The Morgan fingerprint density at radius 1 is 1.29 bits per heavy atom. The van der Waals surface area contributed by atoms with Crippen LogP contribution in [0.15, 0.2) is 30.3 Å². The van der Waals surface area contributed by atoms with Crippen LogP contribution in [0.1, 0.15) is 36.1 Å². The smallest absolute Gasteiger partial charge is 0.248 e. The summed E-state index contributed by atoms with van der Waals surface area (Å²) in [6, 6.07) is 10.1. The molecule has 0 aliphatic carbocycles. The fourth-order valence-corrected chi connectivity index (χ4v) is 3.18. The summed E-state index contributed by atoms with van der Waals surface area (Å²) in [6.45, 7) is 5.91. The Kier molecular flexibility index (Phi) is 5.25. The van der Waals surface area contributed by atoms with Crippen LogP contribution in [0.2, 0.25) is 0 Å². The van der Waals surface area contributed by atoms with Crippen molar-refractivity contribution < 1.29 is 9.53 Å². The molecule has 1 saturated heterocycles. The van der Waals surface area contributed by atoms with E-state index in [1.807, 2.05) is 53.8 Å². The zero-order valence-corrected chi connectivity index (χ0v) is 14.3. The van der Waals surface area contributed by atoms with E-state index in [2.05, 4.69) is 10.1 Å². The Hall–Kier alpha value is -2.21. The second-order valence-electron chi connectivity index (χ2n) is 6.27. The average molecular weight is 328 g/mol. The summed E-state index contributed by atoms with van der Waals surface area (Å²) < 4.78 is 7.54. The summed E-state index contributed by atoms with van der Waals surface area (Å²) >= 11 is 0. The number of nitrogens with zero attached hydrogens (tertiary/aromatic N) is 4. The summed E-state index contributed by atoms with van der Waals surface area (Å²) in [7, 11) is 0. The predicted octanol–water partition coefficient (Wildman–Crippen LogP) is 2.28. The highest BCUT2D eigenvalue weighted by atomic mass is 16.5. The van der Waals surface area contributed by atoms with Crippen molar-refractivity contribution in [2.24, 2.45) is 0 Å². The first-order chi connectivity index (χ1) is 11.6. The van der Waals surface area contributed by atoms with Gasteiger partial charge in [-0.25, -0.2) is 9.67 Å². The van der Waals surface area contributed by atoms with Crippen molar-refractivity contribution in [3.05, 3.63) is 47.5 Å². The number of aromatic nitrogens is 3. The van der Waals surface area contributed by atoms with Gasteiger partial charge in [0.15, 0.2) is 0 Å². The lowest BCUT2D eigenvalue weighted by atomic mass is 10.1. The molecule has 0 radical (unpaired) electrons. The zero-order chi connectivity index (χ0) is 16.9. The molecule has 1 aliphatic rings. The van der Waals surface area contributed by atoms with Crippen LogP contribution in [0.25, 0.3) is 0 Å². The number of benzene rings is 1. The van der Waals surface area contributed by atoms with E-state index in [1.165, 1.54) is 0 Å². The number of amides is 1. The highest BCUT2D eigenvalue weighted by Gasteiger charge is 2.26. The zero-order valence-electron chi connectivity index (χ0n) is 14.3. The van der Waals surface area contributed by atoms with E-state index in [0.717, 1.165) is 36.6 Å². The van der Waals surface area contributed by atoms with Crippen molar-refractivity contribution in [1.82, 2.24) is 19.7 Å². The highest BCUT2D eigenvalue weighted by molar-refractivity contribution is 5.77. The van der Waals surface area contributed by atoms with Gasteiger partial charge in [-0.2, -0.15) is 5.10 Å². The second-order valence-corrected chi connectivity index (χ2v) is 6.27. The van der Waals surface area contributed by atoms with Crippen LogP contribution in [-0.2, 0) is 16.1 Å². The van der Waals surface area contributed by atoms with Crippen molar-refractivity contribution in [2.45, 2.75) is 39.3 Å². The predicted molar refractivity (Wildman–Crippen MR) is 90.4 cm³/mol. The molecule has 6 heteroatoms. The molecule has 0 bridgehead atoms. The average Bonchev–Trinajstić information content (AvgIpc) is 2.94. The van der Waals surface area contributed by atoms with Crippen molar-refractivity contribution >= 4 is 5.91 Å². The Morgan fingerprint density at radius 3 is 2.79 bits per heavy atom. The molecule has 1 aromatic carbocycles.